The molecule has 5 nitrogen and oxygen atoms in total. The Balaban J connectivity index is 1.90. The minimum Gasteiger partial charge on any atom is -0.496 e. The third-order valence-corrected chi connectivity index (χ3v) is 5.55. The average molecular weight is 391 g/mol. The number of methoxy groups -OCH3 is 1. The summed E-state index contributed by atoms with van der Waals surface area (Å²) in [5.74, 6) is 0.219. The number of fused-ring (bicyclic) bond motifs is 2. The number of carbonyl (C=O) groups is 1. The molecule has 2 aromatic carbocycles. The number of anilines is 1. The Morgan fingerprint density at radius 3 is 2.83 bits per heavy atom. The van der Waals surface area contributed by atoms with Gasteiger partial charge >= 0.3 is 5.63 Å². The van der Waals surface area contributed by atoms with Crippen LogP contribution < -0.4 is 15.3 Å². The highest BCUT2D eigenvalue weighted by Crippen LogP contribution is 2.34. The first-order chi connectivity index (χ1) is 14.1. The second kappa shape index (κ2) is 8.11. The molecule has 5 heteroatoms. The first-order valence-corrected chi connectivity index (χ1v) is 10.2. The summed E-state index contributed by atoms with van der Waals surface area (Å²) in [6.45, 7) is 2.73. The maximum atomic E-state index is 13.7. The molecule has 150 valence electrons. The number of rotatable bonds is 5. The summed E-state index contributed by atoms with van der Waals surface area (Å²) in [5.41, 5.74) is 3.16. The maximum absolute atomic E-state index is 13.7. The fraction of sp³-hybridized carbons (Fsp3) is 0.333. The lowest BCUT2D eigenvalue weighted by Crippen LogP contribution is -2.35. The highest BCUT2D eigenvalue weighted by molar-refractivity contribution is 6.15. The molecule has 0 unspecified atom stereocenters. The van der Waals surface area contributed by atoms with Crippen molar-refractivity contribution in [2.45, 2.75) is 39.0 Å². The SMILES string of the molecule is CCCCc1cc(=O)oc2c(C(=O)N3CCCc4ccccc43)c(OC)ccc12. The fourth-order valence-corrected chi connectivity index (χ4v) is 4.10. The second-order valence-corrected chi connectivity index (χ2v) is 7.40. The van der Waals surface area contributed by atoms with Gasteiger partial charge in [-0.3, -0.25) is 4.79 Å². The molecular formula is C24H25NO4. The Kier molecular flexibility index (Phi) is 5.38. The molecule has 0 atom stereocenters. The molecule has 29 heavy (non-hydrogen) atoms. The number of benzene rings is 2. The summed E-state index contributed by atoms with van der Waals surface area (Å²) in [4.78, 5) is 27.7. The van der Waals surface area contributed by atoms with Crippen LogP contribution in [0.2, 0.25) is 0 Å². The smallest absolute Gasteiger partial charge is 0.336 e. The van der Waals surface area contributed by atoms with Gasteiger partial charge in [0.05, 0.1) is 7.11 Å². The summed E-state index contributed by atoms with van der Waals surface area (Å²) in [7, 11) is 1.53. The van der Waals surface area contributed by atoms with Gasteiger partial charge in [0.2, 0.25) is 0 Å². The summed E-state index contributed by atoms with van der Waals surface area (Å²) < 4.78 is 11.1. The van der Waals surface area contributed by atoms with Crippen LogP contribution in [0.3, 0.4) is 0 Å². The van der Waals surface area contributed by atoms with E-state index in [0.717, 1.165) is 54.3 Å². The molecule has 0 fully saturated rings. The van der Waals surface area contributed by atoms with Crippen molar-refractivity contribution >= 4 is 22.6 Å². The van der Waals surface area contributed by atoms with E-state index in [1.54, 1.807) is 11.0 Å². The van der Waals surface area contributed by atoms with Crippen molar-refractivity contribution in [2.75, 3.05) is 18.6 Å². The van der Waals surface area contributed by atoms with Gasteiger partial charge in [-0.25, -0.2) is 4.79 Å². The number of nitrogens with zero attached hydrogens (tertiary/aromatic N) is 1. The van der Waals surface area contributed by atoms with Crippen LogP contribution in [0, 0.1) is 0 Å². The van der Waals surface area contributed by atoms with E-state index in [9.17, 15) is 9.59 Å². The predicted octanol–water partition coefficient (Wildman–Crippen LogP) is 4.74. The van der Waals surface area contributed by atoms with Gasteiger partial charge in [0, 0.05) is 23.7 Å². The summed E-state index contributed by atoms with van der Waals surface area (Å²) in [5, 5.41) is 0.799. The zero-order valence-electron chi connectivity index (χ0n) is 16.9. The van der Waals surface area contributed by atoms with Gasteiger partial charge in [-0.1, -0.05) is 31.5 Å². The zero-order chi connectivity index (χ0) is 20.4. The minimum atomic E-state index is -0.440. The number of carbonyl (C=O) groups excluding carboxylic acids is 1. The molecule has 0 saturated carbocycles. The van der Waals surface area contributed by atoms with Gasteiger partial charge in [-0.05, 0) is 55.0 Å². The Morgan fingerprint density at radius 1 is 1.21 bits per heavy atom. The van der Waals surface area contributed by atoms with Crippen molar-refractivity contribution in [3.8, 4) is 5.75 Å². The van der Waals surface area contributed by atoms with E-state index in [4.69, 9.17) is 9.15 Å². The Bertz CT molecular complexity index is 1120. The number of hydrogen-bond donors (Lipinski definition) is 0. The van der Waals surface area contributed by atoms with Crippen LogP contribution in [-0.2, 0) is 12.8 Å². The largest absolute Gasteiger partial charge is 0.496 e. The standard InChI is InChI=1S/C24H25NO4/c1-3-4-8-17-15-21(26)29-23-18(17)12-13-20(28-2)22(23)24(27)25-14-7-10-16-9-5-6-11-19(16)25/h5-6,9,11-13,15H,3-4,7-8,10,14H2,1-2H3. The maximum Gasteiger partial charge on any atom is 0.336 e. The van der Waals surface area contributed by atoms with Crippen LogP contribution in [0.5, 0.6) is 5.75 Å². The first-order valence-electron chi connectivity index (χ1n) is 10.2. The Hall–Kier alpha value is -3.08. The molecule has 2 heterocycles. The summed E-state index contributed by atoms with van der Waals surface area (Å²) in [6.07, 6.45) is 4.59. The normalized spacial score (nSPS) is 13.4. The molecule has 1 amide bonds. The number of hydrogen-bond acceptors (Lipinski definition) is 4. The number of amides is 1. The van der Waals surface area contributed by atoms with Crippen LogP contribution >= 0.6 is 0 Å². The lowest BCUT2D eigenvalue weighted by Gasteiger charge is -2.30. The van der Waals surface area contributed by atoms with Crippen LogP contribution in [0.1, 0.15) is 47.7 Å². The highest BCUT2D eigenvalue weighted by Gasteiger charge is 2.28. The van der Waals surface area contributed by atoms with Crippen molar-refractivity contribution < 1.29 is 13.9 Å². The molecule has 0 aliphatic carbocycles. The molecule has 0 spiro atoms. The molecule has 3 aromatic rings. The van der Waals surface area contributed by atoms with Gasteiger partial charge in [0.25, 0.3) is 5.91 Å². The van der Waals surface area contributed by atoms with E-state index in [2.05, 4.69) is 13.0 Å². The van der Waals surface area contributed by atoms with Crippen molar-refractivity contribution in [3.05, 3.63) is 69.6 Å². The highest BCUT2D eigenvalue weighted by atomic mass is 16.5. The third-order valence-electron chi connectivity index (χ3n) is 5.55. The van der Waals surface area contributed by atoms with Crippen molar-refractivity contribution in [2.24, 2.45) is 0 Å². The van der Waals surface area contributed by atoms with E-state index < -0.39 is 5.63 Å². The van der Waals surface area contributed by atoms with Gasteiger partial charge in [0.15, 0.2) is 5.58 Å². The van der Waals surface area contributed by atoms with Crippen molar-refractivity contribution in [1.82, 2.24) is 0 Å². The Labute approximate surface area is 169 Å². The van der Waals surface area contributed by atoms with E-state index in [1.807, 2.05) is 24.3 Å². The lowest BCUT2D eigenvalue weighted by atomic mass is 9.98. The topological polar surface area (TPSA) is 59.8 Å². The molecule has 0 radical (unpaired) electrons. The molecule has 4 rings (SSSR count). The molecule has 0 saturated heterocycles. The monoisotopic (exact) mass is 391 g/mol. The van der Waals surface area contributed by atoms with E-state index in [-0.39, 0.29) is 5.91 Å². The van der Waals surface area contributed by atoms with Gasteiger partial charge in [0.1, 0.15) is 11.3 Å². The number of aryl methyl sites for hydroxylation is 2. The zero-order valence-corrected chi connectivity index (χ0v) is 16.9. The van der Waals surface area contributed by atoms with Crippen LogP contribution in [-0.4, -0.2) is 19.6 Å². The number of para-hydroxylation sites is 1. The molecule has 1 aliphatic rings. The Morgan fingerprint density at radius 2 is 2.03 bits per heavy atom. The second-order valence-electron chi connectivity index (χ2n) is 7.40. The van der Waals surface area contributed by atoms with Gasteiger partial charge in [-0.2, -0.15) is 0 Å². The average Bonchev–Trinajstić information content (AvgIpc) is 2.75. The summed E-state index contributed by atoms with van der Waals surface area (Å²) >= 11 is 0. The third kappa shape index (κ3) is 3.53. The van der Waals surface area contributed by atoms with E-state index >= 15 is 0 Å². The summed E-state index contributed by atoms with van der Waals surface area (Å²) in [6, 6.07) is 13.2. The predicted molar refractivity (Wildman–Crippen MR) is 114 cm³/mol. The van der Waals surface area contributed by atoms with Gasteiger partial charge < -0.3 is 14.1 Å². The van der Waals surface area contributed by atoms with Crippen LogP contribution in [0.25, 0.3) is 11.0 Å². The molecular weight excluding hydrogens is 366 g/mol. The fourth-order valence-electron chi connectivity index (χ4n) is 4.10. The molecule has 1 aromatic heterocycles. The van der Waals surface area contributed by atoms with E-state index in [1.165, 1.54) is 13.2 Å². The minimum absolute atomic E-state index is 0.199. The lowest BCUT2D eigenvalue weighted by molar-refractivity contribution is 0.0982. The molecule has 0 bridgehead atoms. The molecule has 1 aliphatic heterocycles. The van der Waals surface area contributed by atoms with E-state index in [0.29, 0.717) is 23.4 Å². The van der Waals surface area contributed by atoms with Crippen molar-refractivity contribution in [1.29, 1.82) is 0 Å². The molecule has 0 N–H and O–H groups in total. The van der Waals surface area contributed by atoms with Crippen LogP contribution in [0.15, 0.2) is 51.7 Å². The van der Waals surface area contributed by atoms with Crippen LogP contribution in [0.4, 0.5) is 5.69 Å². The number of ether oxygens (including phenoxy) is 1. The number of unbranched alkanes of at least 4 members (excludes halogenated alkanes) is 1. The van der Waals surface area contributed by atoms with Crippen molar-refractivity contribution in [3.63, 3.8) is 0 Å². The first kappa shape index (κ1) is 19.2. The van der Waals surface area contributed by atoms with Gasteiger partial charge in [-0.15, -0.1) is 0 Å². The quantitative estimate of drug-likeness (QED) is 0.590.